The molecule has 0 aromatic carbocycles. The molecule has 0 fully saturated rings. The van der Waals surface area contributed by atoms with Gasteiger partial charge in [0.2, 0.25) is 5.89 Å². The second-order valence-corrected chi connectivity index (χ2v) is 2.56. The zero-order chi connectivity index (χ0) is 9.26. The number of rotatable bonds is 1. The van der Waals surface area contributed by atoms with Gasteiger partial charge in [-0.25, -0.2) is 0 Å². The Morgan fingerprint density at radius 3 is 2.92 bits per heavy atom. The van der Waals surface area contributed by atoms with Crippen LogP contribution in [-0.4, -0.2) is 15.2 Å². The summed E-state index contributed by atoms with van der Waals surface area (Å²) in [5.41, 5.74) is 0.442. The topological polar surface area (TPSA) is 71.8 Å². The molecule has 0 atom stereocenters. The van der Waals surface area contributed by atoms with E-state index in [1.807, 2.05) is 0 Å². The maximum absolute atomic E-state index is 11.0. The summed E-state index contributed by atoms with van der Waals surface area (Å²) in [6, 6.07) is 2.83. The predicted octanol–water partition coefficient (Wildman–Crippen LogP) is 0.733. The van der Waals surface area contributed by atoms with Gasteiger partial charge in [-0.3, -0.25) is 4.79 Å². The summed E-state index contributed by atoms with van der Waals surface area (Å²) in [6.45, 7) is 1.69. The number of hydrogen-bond acceptors (Lipinski definition) is 4. The molecule has 0 unspecified atom stereocenters. The van der Waals surface area contributed by atoms with Crippen molar-refractivity contribution in [3.8, 4) is 11.6 Å². The van der Waals surface area contributed by atoms with E-state index in [1.54, 1.807) is 6.92 Å². The average Bonchev–Trinajstić information content (AvgIpc) is 2.52. The molecule has 2 aromatic heterocycles. The van der Waals surface area contributed by atoms with E-state index in [4.69, 9.17) is 4.42 Å². The smallest absolute Gasteiger partial charge is 0.264 e. The molecule has 5 heteroatoms. The van der Waals surface area contributed by atoms with Gasteiger partial charge < -0.3 is 9.40 Å². The number of H-pyrrole nitrogens is 1. The standard InChI is InChI=1S/C8H7N3O2/c1-5-10-11-8(13-5)7-4-6(12)2-3-9-7/h2-4H,1H3,(H,9,12). The van der Waals surface area contributed by atoms with Crippen molar-refractivity contribution in [3.05, 3.63) is 34.4 Å². The van der Waals surface area contributed by atoms with Crippen LogP contribution in [0.25, 0.3) is 11.6 Å². The first-order chi connectivity index (χ1) is 6.25. The second kappa shape index (κ2) is 2.85. The van der Waals surface area contributed by atoms with Crippen molar-refractivity contribution in [1.82, 2.24) is 15.2 Å². The van der Waals surface area contributed by atoms with Crippen LogP contribution in [0.2, 0.25) is 0 Å². The van der Waals surface area contributed by atoms with Gasteiger partial charge in [0.25, 0.3) is 5.89 Å². The molecule has 1 N–H and O–H groups in total. The summed E-state index contributed by atoms with van der Waals surface area (Å²) in [6.07, 6.45) is 1.54. The van der Waals surface area contributed by atoms with Crippen LogP contribution in [0.3, 0.4) is 0 Å². The quantitative estimate of drug-likeness (QED) is 0.697. The van der Waals surface area contributed by atoms with Gasteiger partial charge in [-0.05, 0) is 0 Å². The summed E-state index contributed by atoms with van der Waals surface area (Å²) in [5, 5.41) is 7.42. The van der Waals surface area contributed by atoms with E-state index in [0.29, 0.717) is 17.5 Å². The molecule has 0 saturated carbocycles. The Kier molecular flexibility index (Phi) is 1.70. The number of nitrogens with one attached hydrogen (secondary N) is 1. The Morgan fingerprint density at radius 2 is 2.31 bits per heavy atom. The third kappa shape index (κ3) is 1.48. The number of aryl methyl sites for hydroxylation is 1. The highest BCUT2D eigenvalue weighted by Crippen LogP contribution is 2.11. The Morgan fingerprint density at radius 1 is 1.46 bits per heavy atom. The third-order valence-electron chi connectivity index (χ3n) is 1.53. The lowest BCUT2D eigenvalue weighted by Gasteiger charge is -1.91. The normalized spacial score (nSPS) is 10.2. The molecule has 0 saturated heterocycles. The Hall–Kier alpha value is -1.91. The van der Waals surface area contributed by atoms with Gasteiger partial charge in [-0.15, -0.1) is 10.2 Å². The van der Waals surface area contributed by atoms with E-state index in [0.717, 1.165) is 0 Å². The van der Waals surface area contributed by atoms with Gasteiger partial charge in [0.15, 0.2) is 5.43 Å². The number of nitrogens with zero attached hydrogens (tertiary/aromatic N) is 2. The van der Waals surface area contributed by atoms with Crippen LogP contribution >= 0.6 is 0 Å². The van der Waals surface area contributed by atoms with Crippen molar-refractivity contribution < 1.29 is 4.42 Å². The summed E-state index contributed by atoms with van der Waals surface area (Å²) in [4.78, 5) is 13.8. The Balaban J connectivity index is 2.52. The molecule has 13 heavy (non-hydrogen) atoms. The fourth-order valence-electron chi connectivity index (χ4n) is 0.974. The molecular formula is C8H7N3O2. The highest BCUT2D eigenvalue weighted by molar-refractivity contribution is 5.44. The van der Waals surface area contributed by atoms with E-state index in [1.165, 1.54) is 18.3 Å². The molecule has 0 aliphatic heterocycles. The van der Waals surface area contributed by atoms with Crippen molar-refractivity contribution >= 4 is 0 Å². The maximum Gasteiger partial charge on any atom is 0.264 e. The van der Waals surface area contributed by atoms with Crippen LogP contribution in [0.4, 0.5) is 0 Å². The van der Waals surface area contributed by atoms with Crippen LogP contribution in [-0.2, 0) is 0 Å². The number of aromatic nitrogens is 3. The molecular weight excluding hydrogens is 170 g/mol. The molecule has 66 valence electrons. The van der Waals surface area contributed by atoms with Crippen LogP contribution in [0.15, 0.2) is 27.5 Å². The first-order valence-electron chi connectivity index (χ1n) is 3.75. The van der Waals surface area contributed by atoms with Crippen LogP contribution in [0, 0.1) is 6.92 Å². The zero-order valence-electron chi connectivity index (χ0n) is 6.94. The lowest BCUT2D eigenvalue weighted by molar-refractivity contribution is 0.531. The summed E-state index contributed by atoms with van der Waals surface area (Å²) in [7, 11) is 0. The summed E-state index contributed by atoms with van der Waals surface area (Å²) < 4.78 is 5.13. The van der Waals surface area contributed by atoms with Gasteiger partial charge in [-0.1, -0.05) is 0 Å². The van der Waals surface area contributed by atoms with Crippen molar-refractivity contribution in [2.24, 2.45) is 0 Å². The molecule has 0 aliphatic rings. The minimum absolute atomic E-state index is 0.0930. The first-order valence-corrected chi connectivity index (χ1v) is 3.75. The van der Waals surface area contributed by atoms with Gasteiger partial charge in [0.1, 0.15) is 5.69 Å². The lowest BCUT2D eigenvalue weighted by atomic mass is 10.3. The Bertz CT molecular complexity index is 472. The van der Waals surface area contributed by atoms with Gasteiger partial charge in [0, 0.05) is 25.3 Å². The number of hydrogen-bond donors (Lipinski definition) is 1. The minimum atomic E-state index is -0.0930. The van der Waals surface area contributed by atoms with Crippen LogP contribution < -0.4 is 5.43 Å². The fraction of sp³-hybridized carbons (Fsp3) is 0.125. The van der Waals surface area contributed by atoms with Gasteiger partial charge >= 0.3 is 0 Å². The van der Waals surface area contributed by atoms with Gasteiger partial charge in [-0.2, -0.15) is 0 Å². The molecule has 2 aromatic rings. The second-order valence-electron chi connectivity index (χ2n) is 2.56. The molecule has 0 bridgehead atoms. The van der Waals surface area contributed by atoms with Gasteiger partial charge in [0.05, 0.1) is 0 Å². The van der Waals surface area contributed by atoms with E-state index < -0.39 is 0 Å². The minimum Gasteiger partial charge on any atom is -0.420 e. The highest BCUT2D eigenvalue weighted by atomic mass is 16.4. The maximum atomic E-state index is 11.0. The van der Waals surface area contributed by atoms with E-state index >= 15 is 0 Å². The molecule has 2 rings (SSSR count). The largest absolute Gasteiger partial charge is 0.420 e. The van der Waals surface area contributed by atoms with Crippen molar-refractivity contribution in [2.45, 2.75) is 6.92 Å². The van der Waals surface area contributed by atoms with E-state index in [-0.39, 0.29) is 5.43 Å². The van der Waals surface area contributed by atoms with Crippen molar-refractivity contribution in [1.29, 1.82) is 0 Å². The Labute approximate surface area is 73.4 Å². The van der Waals surface area contributed by atoms with Crippen LogP contribution in [0.1, 0.15) is 5.89 Å². The molecule has 0 spiro atoms. The van der Waals surface area contributed by atoms with E-state index in [9.17, 15) is 4.79 Å². The van der Waals surface area contributed by atoms with E-state index in [2.05, 4.69) is 15.2 Å². The average molecular weight is 177 g/mol. The fourth-order valence-corrected chi connectivity index (χ4v) is 0.974. The third-order valence-corrected chi connectivity index (χ3v) is 1.53. The molecule has 2 heterocycles. The molecule has 5 nitrogen and oxygen atoms in total. The summed E-state index contributed by atoms with van der Waals surface area (Å²) >= 11 is 0. The SMILES string of the molecule is Cc1nnc(-c2cc(=O)cc[nH]2)o1. The lowest BCUT2D eigenvalue weighted by Crippen LogP contribution is -1.97. The van der Waals surface area contributed by atoms with Crippen molar-refractivity contribution in [3.63, 3.8) is 0 Å². The molecule has 0 amide bonds. The summed E-state index contributed by atoms with van der Waals surface area (Å²) in [5.74, 6) is 0.801. The zero-order valence-corrected chi connectivity index (χ0v) is 6.94. The molecule has 0 radical (unpaired) electrons. The van der Waals surface area contributed by atoms with Crippen molar-refractivity contribution in [2.75, 3.05) is 0 Å². The molecule has 0 aliphatic carbocycles. The predicted molar refractivity (Wildman–Crippen MR) is 45.1 cm³/mol. The highest BCUT2D eigenvalue weighted by Gasteiger charge is 2.05. The number of aromatic amines is 1. The monoisotopic (exact) mass is 177 g/mol. The van der Waals surface area contributed by atoms with Crippen LogP contribution in [0.5, 0.6) is 0 Å². The first kappa shape index (κ1) is 7.72. The number of pyridine rings is 1.